The molecule has 0 aliphatic carbocycles. The number of amides is 1. The molecule has 0 spiro atoms. The summed E-state index contributed by atoms with van der Waals surface area (Å²) >= 11 is 0. The van der Waals surface area contributed by atoms with Gasteiger partial charge in [0.15, 0.2) is 0 Å². The van der Waals surface area contributed by atoms with Crippen molar-refractivity contribution in [3.63, 3.8) is 0 Å². The number of aromatic nitrogens is 1. The lowest BCUT2D eigenvalue weighted by molar-refractivity contribution is 0.0902. The Labute approximate surface area is 127 Å². The van der Waals surface area contributed by atoms with Crippen molar-refractivity contribution in [1.82, 2.24) is 15.2 Å². The summed E-state index contributed by atoms with van der Waals surface area (Å²) in [6.07, 6.45) is 4.22. The van der Waals surface area contributed by atoms with Gasteiger partial charge >= 0.3 is 0 Å². The van der Waals surface area contributed by atoms with E-state index in [4.69, 9.17) is 0 Å². The van der Waals surface area contributed by atoms with Crippen molar-refractivity contribution in [1.29, 1.82) is 0 Å². The molecule has 0 saturated carbocycles. The van der Waals surface area contributed by atoms with Crippen LogP contribution in [0.15, 0.2) is 18.3 Å². The molecule has 1 aromatic heterocycles. The number of pyridine rings is 1. The van der Waals surface area contributed by atoms with Gasteiger partial charge in [-0.3, -0.25) is 9.69 Å². The summed E-state index contributed by atoms with van der Waals surface area (Å²) < 4.78 is 0. The van der Waals surface area contributed by atoms with Gasteiger partial charge in [0.25, 0.3) is 5.91 Å². The lowest BCUT2D eigenvalue weighted by atomic mass is 10.0. The summed E-state index contributed by atoms with van der Waals surface area (Å²) in [5.74, 6) is 0.646. The van der Waals surface area contributed by atoms with Gasteiger partial charge in [-0.15, -0.1) is 0 Å². The smallest absolute Gasteiger partial charge is 0.255 e. The molecule has 1 aliphatic rings. The van der Waals surface area contributed by atoms with Crippen LogP contribution >= 0.6 is 0 Å². The first kappa shape index (κ1) is 15.8. The first-order valence-corrected chi connectivity index (χ1v) is 7.57. The van der Waals surface area contributed by atoms with Gasteiger partial charge in [-0.25, -0.2) is 4.98 Å². The molecule has 2 rings (SSSR count). The van der Waals surface area contributed by atoms with E-state index in [0.717, 1.165) is 13.1 Å². The number of hydrogen-bond donors (Lipinski definition) is 1. The van der Waals surface area contributed by atoms with Gasteiger partial charge in [0.2, 0.25) is 0 Å². The second kappa shape index (κ2) is 6.43. The zero-order valence-corrected chi connectivity index (χ0v) is 13.5. The highest BCUT2D eigenvalue weighted by Crippen LogP contribution is 2.20. The molecule has 1 fully saturated rings. The van der Waals surface area contributed by atoms with Gasteiger partial charge in [0, 0.05) is 32.4 Å². The number of carbonyl (C=O) groups excluding carboxylic acids is 1. The Bertz CT molecular complexity index is 493. The van der Waals surface area contributed by atoms with Crippen molar-refractivity contribution >= 4 is 11.7 Å². The van der Waals surface area contributed by atoms with Crippen molar-refractivity contribution in [2.75, 3.05) is 38.6 Å². The fourth-order valence-corrected chi connectivity index (χ4v) is 2.76. The lowest BCUT2D eigenvalue weighted by Gasteiger charge is -2.35. The quantitative estimate of drug-likeness (QED) is 0.897. The van der Waals surface area contributed by atoms with Crippen LogP contribution in [0.4, 0.5) is 5.82 Å². The monoisotopic (exact) mass is 290 g/mol. The molecule has 0 aromatic carbocycles. The fraction of sp³-hybridized carbons (Fsp3) is 0.625. The van der Waals surface area contributed by atoms with Crippen LogP contribution in [-0.4, -0.2) is 55.1 Å². The molecule has 0 bridgehead atoms. The van der Waals surface area contributed by atoms with Crippen LogP contribution in [0.2, 0.25) is 0 Å². The molecule has 1 amide bonds. The average Bonchev–Trinajstić information content (AvgIpc) is 3.00. The van der Waals surface area contributed by atoms with Gasteiger partial charge in [-0.05, 0) is 51.9 Å². The largest absolute Gasteiger partial charge is 0.362 e. The van der Waals surface area contributed by atoms with Crippen LogP contribution in [0.3, 0.4) is 0 Å². The summed E-state index contributed by atoms with van der Waals surface area (Å²) in [4.78, 5) is 21.0. The average molecular weight is 290 g/mol. The van der Waals surface area contributed by atoms with Crippen molar-refractivity contribution < 1.29 is 4.79 Å². The Hall–Kier alpha value is -1.62. The molecule has 0 unspecified atom stereocenters. The molecule has 5 heteroatoms. The highest BCUT2D eigenvalue weighted by molar-refractivity contribution is 5.98. The molecule has 0 atom stereocenters. The highest BCUT2D eigenvalue weighted by Gasteiger charge is 2.29. The normalized spacial score (nSPS) is 16.0. The Kier molecular flexibility index (Phi) is 4.83. The molecule has 0 radical (unpaired) electrons. The van der Waals surface area contributed by atoms with E-state index in [-0.39, 0.29) is 11.4 Å². The molecular formula is C16H26N4O. The predicted octanol–water partition coefficient (Wildman–Crippen LogP) is 1.75. The zero-order valence-electron chi connectivity index (χ0n) is 13.5. The molecule has 116 valence electrons. The van der Waals surface area contributed by atoms with Gasteiger partial charge in [-0.2, -0.15) is 0 Å². The maximum Gasteiger partial charge on any atom is 0.255 e. The highest BCUT2D eigenvalue weighted by atomic mass is 16.1. The van der Waals surface area contributed by atoms with E-state index in [1.165, 1.54) is 12.8 Å². The van der Waals surface area contributed by atoms with Crippen LogP contribution in [0, 0.1) is 0 Å². The first-order chi connectivity index (χ1) is 9.92. The minimum atomic E-state index is -0.0564. The zero-order chi connectivity index (χ0) is 15.5. The van der Waals surface area contributed by atoms with E-state index in [9.17, 15) is 4.79 Å². The summed E-state index contributed by atoms with van der Waals surface area (Å²) in [7, 11) is 3.79. The topological polar surface area (TPSA) is 48.5 Å². The number of carbonyl (C=O) groups is 1. The number of nitrogens with zero attached hydrogens (tertiary/aromatic N) is 3. The van der Waals surface area contributed by atoms with E-state index in [1.807, 2.05) is 25.1 Å². The van der Waals surface area contributed by atoms with Gasteiger partial charge in [0.05, 0.1) is 5.56 Å². The van der Waals surface area contributed by atoms with E-state index < -0.39 is 0 Å². The van der Waals surface area contributed by atoms with Crippen molar-refractivity contribution in [3.05, 3.63) is 23.9 Å². The molecule has 5 nitrogen and oxygen atoms in total. The molecule has 1 N–H and O–H groups in total. The van der Waals surface area contributed by atoms with Crippen LogP contribution in [0.5, 0.6) is 0 Å². The SMILES string of the molecule is CN(C)c1ncccc1C(=O)NCC(C)(C)N1CCCC1. The third-order valence-corrected chi connectivity index (χ3v) is 4.10. The van der Waals surface area contributed by atoms with Crippen LogP contribution < -0.4 is 10.2 Å². The van der Waals surface area contributed by atoms with E-state index in [1.54, 1.807) is 12.3 Å². The second-order valence-corrected chi connectivity index (χ2v) is 6.46. The van der Waals surface area contributed by atoms with E-state index >= 15 is 0 Å². The van der Waals surface area contributed by atoms with Crippen LogP contribution in [0.1, 0.15) is 37.0 Å². The van der Waals surface area contributed by atoms with Crippen LogP contribution in [-0.2, 0) is 0 Å². The standard InChI is InChI=1S/C16H26N4O/c1-16(2,20-10-5-6-11-20)12-18-15(21)13-8-7-9-17-14(13)19(3)4/h7-9H,5-6,10-12H2,1-4H3,(H,18,21). The number of anilines is 1. The van der Waals surface area contributed by atoms with Crippen molar-refractivity contribution in [2.24, 2.45) is 0 Å². The fourth-order valence-electron chi connectivity index (χ4n) is 2.76. The molecule has 1 aliphatic heterocycles. The molecule has 1 aromatic rings. The van der Waals surface area contributed by atoms with Crippen LogP contribution in [0.25, 0.3) is 0 Å². The Morgan fingerprint density at radius 3 is 2.67 bits per heavy atom. The van der Waals surface area contributed by atoms with Gasteiger partial charge < -0.3 is 10.2 Å². The summed E-state index contributed by atoms with van der Waals surface area (Å²) in [5.41, 5.74) is 0.617. The van der Waals surface area contributed by atoms with Gasteiger partial charge in [-0.1, -0.05) is 0 Å². The third kappa shape index (κ3) is 3.73. The summed E-state index contributed by atoms with van der Waals surface area (Å²) in [5, 5.41) is 3.06. The van der Waals surface area contributed by atoms with Crippen molar-refractivity contribution in [3.8, 4) is 0 Å². The molecule has 2 heterocycles. The minimum absolute atomic E-state index is 0.00729. The number of hydrogen-bond acceptors (Lipinski definition) is 4. The molecular weight excluding hydrogens is 264 g/mol. The molecule has 21 heavy (non-hydrogen) atoms. The van der Waals surface area contributed by atoms with Gasteiger partial charge in [0.1, 0.15) is 5.82 Å². The number of likely N-dealkylation sites (tertiary alicyclic amines) is 1. The molecule has 1 saturated heterocycles. The minimum Gasteiger partial charge on any atom is -0.362 e. The van der Waals surface area contributed by atoms with Crippen molar-refractivity contribution in [2.45, 2.75) is 32.2 Å². The Morgan fingerprint density at radius 1 is 1.38 bits per heavy atom. The maximum absolute atomic E-state index is 12.4. The van der Waals surface area contributed by atoms with E-state index in [2.05, 4.69) is 29.0 Å². The predicted molar refractivity (Wildman–Crippen MR) is 85.8 cm³/mol. The third-order valence-electron chi connectivity index (χ3n) is 4.10. The van der Waals surface area contributed by atoms with E-state index in [0.29, 0.717) is 17.9 Å². The lowest BCUT2D eigenvalue weighted by Crippen LogP contribution is -2.50. The first-order valence-electron chi connectivity index (χ1n) is 7.57. The Morgan fingerprint density at radius 2 is 2.05 bits per heavy atom. The maximum atomic E-state index is 12.4. The number of rotatable bonds is 5. The number of nitrogens with one attached hydrogen (secondary N) is 1. The Balaban J connectivity index is 2.02. The summed E-state index contributed by atoms with van der Waals surface area (Å²) in [6, 6.07) is 3.62. The second-order valence-electron chi connectivity index (χ2n) is 6.46. The summed E-state index contributed by atoms with van der Waals surface area (Å²) in [6.45, 7) is 7.27.